The molecule has 0 radical (unpaired) electrons. The fourth-order valence-electron chi connectivity index (χ4n) is 3.68. The Balaban J connectivity index is 1.86. The monoisotopic (exact) mass is 479 g/mol. The lowest BCUT2D eigenvalue weighted by atomic mass is 9.84. The molecule has 3 rings (SSSR count). The molecule has 1 aliphatic rings. The van der Waals surface area contributed by atoms with Crippen molar-refractivity contribution in [3.63, 3.8) is 0 Å². The highest BCUT2D eigenvalue weighted by molar-refractivity contribution is 14.1. The van der Waals surface area contributed by atoms with E-state index in [0.29, 0.717) is 25.8 Å². The number of ether oxygens (including phenoxy) is 1. The number of carbonyl (C=O) groups excluding carboxylic acids is 1. The second-order valence-electron chi connectivity index (χ2n) is 7.28. The van der Waals surface area contributed by atoms with Gasteiger partial charge in [0.15, 0.2) is 0 Å². The van der Waals surface area contributed by atoms with Crippen molar-refractivity contribution in [2.75, 3.05) is 13.2 Å². The number of halogens is 1. The van der Waals surface area contributed by atoms with Crippen molar-refractivity contribution in [3.8, 4) is 0 Å². The van der Waals surface area contributed by atoms with Gasteiger partial charge in [-0.15, -0.1) is 0 Å². The lowest BCUT2D eigenvalue weighted by Crippen LogP contribution is -2.53. The summed E-state index contributed by atoms with van der Waals surface area (Å²) in [6.07, 6.45) is 1.62. The Morgan fingerprint density at radius 3 is 2.44 bits per heavy atom. The Morgan fingerprint density at radius 1 is 1.19 bits per heavy atom. The zero-order valence-electron chi connectivity index (χ0n) is 15.8. The molecule has 1 saturated heterocycles. The molecule has 2 atom stereocenters. The van der Waals surface area contributed by atoms with Crippen LogP contribution in [0.3, 0.4) is 0 Å². The minimum absolute atomic E-state index is 0.0865. The minimum Gasteiger partial charge on any atom is -0.438 e. The highest BCUT2D eigenvalue weighted by Gasteiger charge is 2.46. The number of rotatable bonds is 6. The van der Waals surface area contributed by atoms with E-state index in [1.807, 2.05) is 37.3 Å². The minimum atomic E-state index is -0.669. The predicted molar refractivity (Wildman–Crippen MR) is 115 cm³/mol. The van der Waals surface area contributed by atoms with Crippen molar-refractivity contribution in [2.24, 2.45) is 0 Å². The summed E-state index contributed by atoms with van der Waals surface area (Å²) in [6, 6.07) is 18.2. The first kappa shape index (κ1) is 20.1. The van der Waals surface area contributed by atoms with E-state index in [9.17, 15) is 9.90 Å². The van der Waals surface area contributed by atoms with Crippen molar-refractivity contribution >= 4 is 28.7 Å². The van der Waals surface area contributed by atoms with Crippen molar-refractivity contribution in [3.05, 3.63) is 71.3 Å². The number of aryl methyl sites for hydroxylation is 1. The SMILES string of the molecule is Cc1ccc([C@](C)(I)N2CCC(CCCO)(c3ccccc3)OC2=O)cc1. The van der Waals surface area contributed by atoms with Gasteiger partial charge in [0, 0.05) is 19.6 Å². The highest BCUT2D eigenvalue weighted by atomic mass is 127. The van der Waals surface area contributed by atoms with Crippen LogP contribution in [0.25, 0.3) is 0 Å². The van der Waals surface area contributed by atoms with Crippen molar-refractivity contribution in [1.82, 2.24) is 4.90 Å². The van der Waals surface area contributed by atoms with Gasteiger partial charge in [-0.1, -0.05) is 60.2 Å². The predicted octanol–water partition coefficient (Wildman–Crippen LogP) is 5.11. The van der Waals surface area contributed by atoms with E-state index < -0.39 is 9.15 Å². The van der Waals surface area contributed by atoms with Crippen LogP contribution in [0.2, 0.25) is 0 Å². The molecule has 0 aliphatic carbocycles. The van der Waals surface area contributed by atoms with Crippen LogP contribution in [-0.4, -0.2) is 29.3 Å². The average molecular weight is 479 g/mol. The molecule has 1 fully saturated rings. The summed E-state index contributed by atoms with van der Waals surface area (Å²) >= 11 is 2.33. The number of alkyl halides is 1. The quantitative estimate of drug-likeness (QED) is 0.356. The molecule has 5 heteroatoms. The molecule has 1 heterocycles. The molecule has 2 aromatic rings. The first-order valence-electron chi connectivity index (χ1n) is 9.32. The van der Waals surface area contributed by atoms with E-state index in [2.05, 4.69) is 53.8 Å². The van der Waals surface area contributed by atoms with Gasteiger partial charge in [-0.2, -0.15) is 0 Å². The molecular formula is C22H26INO3. The van der Waals surface area contributed by atoms with Crippen molar-refractivity contribution in [2.45, 2.75) is 42.3 Å². The van der Waals surface area contributed by atoms with Crippen LogP contribution in [0.4, 0.5) is 4.79 Å². The molecule has 1 N–H and O–H groups in total. The van der Waals surface area contributed by atoms with E-state index in [4.69, 9.17) is 4.74 Å². The third kappa shape index (κ3) is 4.14. The molecule has 0 saturated carbocycles. The molecule has 2 aromatic carbocycles. The summed E-state index contributed by atoms with van der Waals surface area (Å²) in [7, 11) is 0. The van der Waals surface area contributed by atoms with E-state index in [1.165, 1.54) is 5.56 Å². The lowest BCUT2D eigenvalue weighted by molar-refractivity contribution is -0.0698. The second kappa shape index (κ2) is 8.19. The summed E-state index contributed by atoms with van der Waals surface area (Å²) in [5.74, 6) is 0. The van der Waals surface area contributed by atoms with Gasteiger partial charge in [0.1, 0.15) is 9.15 Å². The number of benzene rings is 2. The number of carbonyl (C=O) groups is 1. The lowest BCUT2D eigenvalue weighted by Gasteiger charge is -2.46. The van der Waals surface area contributed by atoms with Crippen LogP contribution in [0.15, 0.2) is 54.6 Å². The highest BCUT2D eigenvalue weighted by Crippen LogP contribution is 2.44. The molecule has 144 valence electrons. The summed E-state index contributed by atoms with van der Waals surface area (Å²) in [5.41, 5.74) is 2.60. The fourth-order valence-corrected chi connectivity index (χ4v) is 4.48. The van der Waals surface area contributed by atoms with E-state index >= 15 is 0 Å². The van der Waals surface area contributed by atoms with Crippen LogP contribution in [-0.2, 0) is 13.9 Å². The van der Waals surface area contributed by atoms with E-state index in [-0.39, 0.29) is 12.7 Å². The Morgan fingerprint density at radius 2 is 1.85 bits per heavy atom. The van der Waals surface area contributed by atoms with Crippen LogP contribution in [0.1, 0.15) is 42.9 Å². The Bertz CT molecular complexity index is 776. The van der Waals surface area contributed by atoms with Gasteiger partial charge >= 0.3 is 6.09 Å². The molecule has 0 bridgehead atoms. The fraction of sp³-hybridized carbons (Fsp3) is 0.409. The van der Waals surface area contributed by atoms with Gasteiger partial charge in [0.2, 0.25) is 0 Å². The molecule has 0 aromatic heterocycles. The van der Waals surface area contributed by atoms with E-state index in [0.717, 1.165) is 11.1 Å². The van der Waals surface area contributed by atoms with Gasteiger partial charge in [0.25, 0.3) is 0 Å². The van der Waals surface area contributed by atoms with Crippen LogP contribution >= 0.6 is 22.6 Å². The summed E-state index contributed by atoms with van der Waals surface area (Å²) in [6.45, 7) is 4.79. The Kier molecular flexibility index (Phi) is 6.11. The van der Waals surface area contributed by atoms with Crippen LogP contribution < -0.4 is 0 Å². The zero-order chi connectivity index (χ0) is 19.5. The van der Waals surface area contributed by atoms with Gasteiger partial charge in [0.05, 0.1) is 0 Å². The Labute approximate surface area is 174 Å². The maximum absolute atomic E-state index is 13.1. The Hall–Kier alpha value is -1.60. The third-order valence-corrected chi connectivity index (χ3v) is 6.57. The van der Waals surface area contributed by atoms with Crippen LogP contribution in [0, 0.1) is 6.92 Å². The molecule has 27 heavy (non-hydrogen) atoms. The molecule has 4 nitrogen and oxygen atoms in total. The van der Waals surface area contributed by atoms with E-state index in [1.54, 1.807) is 4.90 Å². The number of hydrogen-bond donors (Lipinski definition) is 1. The number of aliphatic hydroxyl groups is 1. The molecule has 1 aliphatic heterocycles. The molecule has 1 unspecified atom stereocenters. The largest absolute Gasteiger partial charge is 0.438 e. The van der Waals surface area contributed by atoms with Crippen LogP contribution in [0.5, 0.6) is 0 Å². The van der Waals surface area contributed by atoms with Gasteiger partial charge < -0.3 is 9.84 Å². The van der Waals surface area contributed by atoms with Crippen molar-refractivity contribution in [1.29, 1.82) is 0 Å². The third-order valence-electron chi connectivity index (χ3n) is 5.37. The molecule has 1 amide bonds. The first-order valence-corrected chi connectivity index (χ1v) is 10.4. The number of cyclic esters (lactones) is 1. The smallest absolute Gasteiger partial charge is 0.412 e. The summed E-state index contributed by atoms with van der Waals surface area (Å²) in [5, 5.41) is 9.32. The average Bonchev–Trinajstić information content (AvgIpc) is 2.67. The van der Waals surface area contributed by atoms with Gasteiger partial charge in [-0.05, 0) is 60.4 Å². The number of hydrogen-bond acceptors (Lipinski definition) is 3. The summed E-state index contributed by atoms with van der Waals surface area (Å²) < 4.78 is 5.59. The zero-order valence-corrected chi connectivity index (χ0v) is 18.0. The van der Waals surface area contributed by atoms with Crippen molar-refractivity contribution < 1.29 is 14.6 Å². The van der Waals surface area contributed by atoms with Gasteiger partial charge in [-0.3, -0.25) is 4.90 Å². The second-order valence-corrected chi connectivity index (χ2v) is 9.38. The number of aliphatic hydroxyl groups excluding tert-OH is 1. The topological polar surface area (TPSA) is 49.8 Å². The normalized spacial score (nSPS) is 22.2. The maximum Gasteiger partial charge on any atom is 0.412 e. The standard InChI is InChI=1S/C22H26INO3/c1-17-9-11-18(12-10-17)21(2,23)24-15-14-22(13-6-16-25,27-20(24)26)19-7-4-3-5-8-19/h3-5,7-12,25H,6,13-16H2,1-2H3/t21-,22?/m1/s1. The molecule has 0 spiro atoms. The maximum atomic E-state index is 13.1. The summed E-state index contributed by atoms with van der Waals surface area (Å²) in [4.78, 5) is 14.9. The van der Waals surface area contributed by atoms with Gasteiger partial charge in [-0.25, -0.2) is 4.79 Å². The number of amides is 1. The first-order chi connectivity index (χ1) is 12.9. The molecular weight excluding hydrogens is 453 g/mol. The number of nitrogens with zero attached hydrogens (tertiary/aromatic N) is 1.